The predicted octanol–water partition coefficient (Wildman–Crippen LogP) is 2.09. The van der Waals surface area contributed by atoms with E-state index in [1.807, 2.05) is 0 Å². The number of halogens is 1. The van der Waals surface area contributed by atoms with E-state index in [4.69, 9.17) is 4.42 Å². The van der Waals surface area contributed by atoms with Crippen LogP contribution in [0.3, 0.4) is 0 Å². The van der Waals surface area contributed by atoms with Gasteiger partial charge in [-0.1, -0.05) is 0 Å². The molecule has 1 aromatic carbocycles. The summed E-state index contributed by atoms with van der Waals surface area (Å²) in [6, 6.07) is 5.71. The van der Waals surface area contributed by atoms with Gasteiger partial charge in [0.2, 0.25) is 11.6 Å². The SMILES string of the molecule is Cn1cc([N+](=O)[O-])c(C(=O)NCCc2coc(-c3ccc(F)cc3)n2)n1. The summed E-state index contributed by atoms with van der Waals surface area (Å²) >= 11 is 0. The van der Waals surface area contributed by atoms with E-state index in [1.165, 1.54) is 36.3 Å². The van der Waals surface area contributed by atoms with Gasteiger partial charge >= 0.3 is 5.69 Å². The zero-order chi connectivity index (χ0) is 18.7. The maximum absolute atomic E-state index is 12.9. The van der Waals surface area contributed by atoms with E-state index in [-0.39, 0.29) is 23.7 Å². The number of nitrogens with one attached hydrogen (secondary N) is 1. The first-order valence-electron chi connectivity index (χ1n) is 7.60. The van der Waals surface area contributed by atoms with E-state index >= 15 is 0 Å². The van der Waals surface area contributed by atoms with Crippen LogP contribution in [0.4, 0.5) is 10.1 Å². The average molecular weight is 359 g/mol. The first-order valence-corrected chi connectivity index (χ1v) is 7.60. The van der Waals surface area contributed by atoms with Gasteiger partial charge in [0, 0.05) is 25.6 Å². The van der Waals surface area contributed by atoms with Crippen molar-refractivity contribution in [1.29, 1.82) is 0 Å². The lowest BCUT2D eigenvalue weighted by Crippen LogP contribution is -2.27. The van der Waals surface area contributed by atoms with Gasteiger partial charge in [0.25, 0.3) is 5.91 Å². The van der Waals surface area contributed by atoms with Gasteiger partial charge in [0.15, 0.2) is 0 Å². The van der Waals surface area contributed by atoms with E-state index in [0.717, 1.165) is 0 Å². The molecule has 0 saturated carbocycles. The highest BCUT2D eigenvalue weighted by atomic mass is 19.1. The van der Waals surface area contributed by atoms with Crippen LogP contribution in [-0.4, -0.2) is 32.1 Å². The van der Waals surface area contributed by atoms with Crippen LogP contribution in [-0.2, 0) is 13.5 Å². The number of benzene rings is 1. The minimum Gasteiger partial charge on any atom is -0.444 e. The van der Waals surface area contributed by atoms with Gasteiger partial charge in [-0.3, -0.25) is 19.6 Å². The summed E-state index contributed by atoms with van der Waals surface area (Å²) in [5, 5.41) is 17.3. The molecule has 134 valence electrons. The van der Waals surface area contributed by atoms with Gasteiger partial charge in [-0.05, 0) is 24.3 Å². The third-order valence-corrected chi connectivity index (χ3v) is 3.53. The number of hydrogen-bond donors (Lipinski definition) is 1. The third kappa shape index (κ3) is 3.74. The molecule has 0 bridgehead atoms. The van der Waals surface area contributed by atoms with Gasteiger partial charge in [-0.25, -0.2) is 9.37 Å². The van der Waals surface area contributed by atoms with Crippen LogP contribution in [0.5, 0.6) is 0 Å². The van der Waals surface area contributed by atoms with E-state index in [9.17, 15) is 19.3 Å². The van der Waals surface area contributed by atoms with Crippen molar-refractivity contribution in [3.63, 3.8) is 0 Å². The molecule has 0 spiro atoms. The second kappa shape index (κ2) is 7.13. The van der Waals surface area contributed by atoms with Crippen LogP contribution in [0.1, 0.15) is 16.2 Å². The van der Waals surface area contributed by atoms with Crippen LogP contribution >= 0.6 is 0 Å². The first-order chi connectivity index (χ1) is 12.4. The summed E-state index contributed by atoms with van der Waals surface area (Å²) in [6.45, 7) is 0.196. The number of carbonyl (C=O) groups is 1. The number of aromatic nitrogens is 3. The fourth-order valence-corrected chi connectivity index (χ4v) is 2.31. The Bertz CT molecular complexity index is 948. The number of oxazole rings is 1. The van der Waals surface area contributed by atoms with Crippen molar-refractivity contribution in [2.24, 2.45) is 7.05 Å². The summed E-state index contributed by atoms with van der Waals surface area (Å²) in [7, 11) is 1.50. The Labute approximate surface area is 146 Å². The van der Waals surface area contributed by atoms with Gasteiger partial charge in [-0.2, -0.15) is 5.10 Å². The number of amides is 1. The molecule has 3 rings (SSSR count). The van der Waals surface area contributed by atoms with Crippen molar-refractivity contribution >= 4 is 11.6 Å². The summed E-state index contributed by atoms with van der Waals surface area (Å²) < 4.78 is 19.5. The highest BCUT2D eigenvalue weighted by molar-refractivity contribution is 5.96. The molecule has 0 aliphatic carbocycles. The van der Waals surface area contributed by atoms with Gasteiger partial charge in [-0.15, -0.1) is 0 Å². The number of nitrogens with zero attached hydrogens (tertiary/aromatic N) is 4. The molecule has 3 aromatic rings. The Kier molecular flexibility index (Phi) is 4.74. The van der Waals surface area contributed by atoms with Crippen LogP contribution in [0, 0.1) is 15.9 Å². The summed E-state index contributed by atoms with van der Waals surface area (Å²) in [5.74, 6) is -0.655. The molecule has 0 aliphatic heterocycles. The van der Waals surface area contributed by atoms with E-state index in [0.29, 0.717) is 23.6 Å². The smallest absolute Gasteiger partial charge is 0.320 e. The molecule has 0 unspecified atom stereocenters. The number of nitro groups is 1. The minimum absolute atomic E-state index is 0.196. The quantitative estimate of drug-likeness (QED) is 0.532. The summed E-state index contributed by atoms with van der Waals surface area (Å²) in [5.41, 5.74) is 0.612. The maximum atomic E-state index is 12.9. The number of rotatable bonds is 6. The molecule has 9 nitrogen and oxygen atoms in total. The van der Waals surface area contributed by atoms with E-state index in [2.05, 4.69) is 15.4 Å². The van der Waals surface area contributed by atoms with Gasteiger partial charge in [0.1, 0.15) is 18.3 Å². The largest absolute Gasteiger partial charge is 0.444 e. The first kappa shape index (κ1) is 17.3. The lowest BCUT2D eigenvalue weighted by atomic mass is 10.2. The fraction of sp³-hybridized carbons (Fsp3) is 0.188. The van der Waals surface area contributed by atoms with Crippen molar-refractivity contribution < 1.29 is 18.5 Å². The molecule has 2 aromatic heterocycles. The highest BCUT2D eigenvalue weighted by Gasteiger charge is 2.24. The molecule has 0 atom stereocenters. The Morgan fingerprint density at radius 3 is 2.81 bits per heavy atom. The lowest BCUT2D eigenvalue weighted by Gasteiger charge is -2.00. The van der Waals surface area contributed by atoms with Gasteiger partial charge in [0.05, 0.1) is 10.6 Å². The molecule has 0 aliphatic rings. The van der Waals surface area contributed by atoms with E-state index in [1.54, 1.807) is 12.1 Å². The molecule has 2 heterocycles. The average Bonchev–Trinajstić information content (AvgIpc) is 3.22. The van der Waals surface area contributed by atoms with Crippen LogP contribution < -0.4 is 5.32 Å². The second-order valence-corrected chi connectivity index (χ2v) is 5.45. The number of carbonyl (C=O) groups excluding carboxylic acids is 1. The zero-order valence-electron chi connectivity index (χ0n) is 13.7. The molecule has 0 fully saturated rings. The van der Waals surface area contributed by atoms with Crippen molar-refractivity contribution in [1.82, 2.24) is 20.1 Å². The molecule has 10 heteroatoms. The van der Waals surface area contributed by atoms with Crippen LogP contribution in [0.25, 0.3) is 11.5 Å². The summed E-state index contributed by atoms with van der Waals surface area (Å²) in [6.07, 6.45) is 2.96. The lowest BCUT2D eigenvalue weighted by molar-refractivity contribution is -0.385. The monoisotopic (exact) mass is 359 g/mol. The maximum Gasteiger partial charge on any atom is 0.320 e. The molecule has 1 amide bonds. The van der Waals surface area contributed by atoms with Crippen molar-refractivity contribution in [2.75, 3.05) is 6.54 Å². The Balaban J connectivity index is 1.59. The Morgan fingerprint density at radius 2 is 2.12 bits per heavy atom. The van der Waals surface area contributed by atoms with Crippen molar-refractivity contribution in [3.05, 3.63) is 64.0 Å². The second-order valence-electron chi connectivity index (χ2n) is 5.45. The molecule has 1 N–H and O–H groups in total. The normalized spacial score (nSPS) is 10.7. The molecular formula is C16H14FN5O4. The highest BCUT2D eigenvalue weighted by Crippen LogP contribution is 2.19. The minimum atomic E-state index is -0.658. The van der Waals surface area contributed by atoms with E-state index < -0.39 is 10.8 Å². The van der Waals surface area contributed by atoms with Crippen molar-refractivity contribution in [2.45, 2.75) is 6.42 Å². The fourth-order valence-electron chi connectivity index (χ4n) is 2.31. The summed E-state index contributed by atoms with van der Waals surface area (Å²) in [4.78, 5) is 26.6. The number of aryl methyl sites for hydroxylation is 1. The third-order valence-electron chi connectivity index (χ3n) is 3.53. The van der Waals surface area contributed by atoms with Crippen LogP contribution in [0.15, 0.2) is 41.1 Å². The molecular weight excluding hydrogens is 345 g/mol. The standard InChI is InChI=1S/C16H14FN5O4/c1-21-8-13(22(24)25)14(20-21)15(23)18-7-6-12-9-26-16(19-12)10-2-4-11(17)5-3-10/h2-5,8-9H,6-7H2,1H3,(H,18,23). The van der Waals surface area contributed by atoms with Crippen LogP contribution in [0.2, 0.25) is 0 Å². The van der Waals surface area contributed by atoms with Crippen molar-refractivity contribution in [3.8, 4) is 11.5 Å². The predicted molar refractivity (Wildman–Crippen MR) is 87.8 cm³/mol. The Hall–Kier alpha value is -3.56. The van der Waals surface area contributed by atoms with Gasteiger partial charge < -0.3 is 9.73 Å². The number of hydrogen-bond acceptors (Lipinski definition) is 6. The Morgan fingerprint density at radius 1 is 1.38 bits per heavy atom. The molecule has 0 radical (unpaired) electrons. The zero-order valence-corrected chi connectivity index (χ0v) is 13.7. The topological polar surface area (TPSA) is 116 Å². The molecule has 26 heavy (non-hydrogen) atoms. The molecule has 0 saturated heterocycles.